The smallest absolute Gasteiger partial charge is 0.166 e. The zero-order valence-corrected chi connectivity index (χ0v) is 11.6. The fourth-order valence-electron chi connectivity index (χ4n) is 0.898. The van der Waals surface area contributed by atoms with Crippen molar-refractivity contribution < 1.29 is 13.2 Å². The first kappa shape index (κ1) is 13.2. The summed E-state index contributed by atoms with van der Waals surface area (Å²) >= 11 is 4.82. The molecule has 0 spiro atoms. The molecule has 1 aromatic rings. The van der Waals surface area contributed by atoms with Gasteiger partial charge in [0.2, 0.25) is 0 Å². The topological polar surface area (TPSA) is 0 Å². The van der Waals surface area contributed by atoms with E-state index < -0.39 is 11.7 Å². The van der Waals surface area contributed by atoms with Crippen molar-refractivity contribution in [3.8, 4) is 11.2 Å². The first-order chi connectivity index (χ1) is 6.95. The highest BCUT2D eigenvalue weighted by atomic mass is 127. The van der Waals surface area contributed by atoms with Gasteiger partial charge in [0.15, 0.2) is 0 Å². The second-order valence-corrected chi connectivity index (χ2v) is 5.03. The standard InChI is InChI=1S/C9H3BrF3IS/c10-8-2-1-6(3-4-15-14)5-7(8)9(11,12)13/h1-2,5H. The van der Waals surface area contributed by atoms with Gasteiger partial charge in [0.1, 0.15) is 0 Å². The average Bonchev–Trinajstić information content (AvgIpc) is 2.15. The summed E-state index contributed by atoms with van der Waals surface area (Å²) in [4.78, 5) is 0. The lowest BCUT2D eigenvalue weighted by atomic mass is 10.1. The Morgan fingerprint density at radius 3 is 2.53 bits per heavy atom. The zero-order chi connectivity index (χ0) is 11.5. The van der Waals surface area contributed by atoms with Crippen LogP contribution < -0.4 is 0 Å². The van der Waals surface area contributed by atoms with Crippen molar-refractivity contribution >= 4 is 46.1 Å². The molecule has 0 aliphatic carbocycles. The molecule has 0 unspecified atom stereocenters. The molecule has 0 atom stereocenters. The second-order valence-electron chi connectivity index (χ2n) is 2.50. The predicted molar refractivity (Wildman–Crippen MR) is 67.6 cm³/mol. The average molecular weight is 407 g/mol. The Morgan fingerprint density at radius 2 is 2.00 bits per heavy atom. The van der Waals surface area contributed by atoms with Crippen LogP contribution in [0.25, 0.3) is 0 Å². The van der Waals surface area contributed by atoms with Gasteiger partial charge in [-0.1, -0.05) is 21.9 Å². The lowest BCUT2D eigenvalue weighted by Crippen LogP contribution is -2.06. The number of rotatable bonds is 0. The van der Waals surface area contributed by atoms with E-state index in [0.29, 0.717) is 5.56 Å². The molecule has 0 aliphatic rings. The highest BCUT2D eigenvalue weighted by Gasteiger charge is 2.32. The summed E-state index contributed by atoms with van der Waals surface area (Å²) in [6.45, 7) is 0. The van der Waals surface area contributed by atoms with Crippen LogP contribution in [0.3, 0.4) is 0 Å². The van der Waals surface area contributed by atoms with Crippen molar-refractivity contribution in [3.63, 3.8) is 0 Å². The van der Waals surface area contributed by atoms with Crippen LogP contribution in [-0.2, 0) is 6.18 Å². The van der Waals surface area contributed by atoms with E-state index in [1.54, 1.807) is 6.07 Å². The van der Waals surface area contributed by atoms with Crippen LogP contribution in [0.5, 0.6) is 0 Å². The molecule has 0 aromatic heterocycles. The first-order valence-electron chi connectivity index (χ1n) is 3.60. The van der Waals surface area contributed by atoms with Gasteiger partial charge in [-0.15, -0.1) is 0 Å². The van der Waals surface area contributed by atoms with E-state index in [9.17, 15) is 13.2 Å². The van der Waals surface area contributed by atoms with E-state index in [1.807, 2.05) is 21.2 Å². The summed E-state index contributed by atoms with van der Waals surface area (Å²) in [6.07, 6.45) is -4.35. The van der Waals surface area contributed by atoms with E-state index in [0.717, 1.165) is 6.07 Å². The number of alkyl halides is 3. The van der Waals surface area contributed by atoms with Crippen molar-refractivity contribution in [2.45, 2.75) is 6.18 Å². The maximum atomic E-state index is 12.5. The van der Waals surface area contributed by atoms with Gasteiger partial charge in [-0.25, -0.2) is 0 Å². The van der Waals surface area contributed by atoms with Gasteiger partial charge in [-0.05, 0) is 32.4 Å². The summed E-state index contributed by atoms with van der Waals surface area (Å²) in [6, 6.07) is 3.92. The lowest BCUT2D eigenvalue weighted by Gasteiger charge is -2.08. The van der Waals surface area contributed by atoms with Gasteiger partial charge >= 0.3 is 6.18 Å². The molecule has 0 heterocycles. The molecule has 1 aromatic carbocycles. The van der Waals surface area contributed by atoms with Crippen molar-refractivity contribution in [3.05, 3.63) is 33.8 Å². The summed E-state index contributed by atoms with van der Waals surface area (Å²) in [5, 5.41) is 2.63. The van der Waals surface area contributed by atoms with E-state index in [4.69, 9.17) is 0 Å². The van der Waals surface area contributed by atoms with Crippen LogP contribution in [0.15, 0.2) is 22.7 Å². The number of benzene rings is 1. The molecule has 6 heteroatoms. The Hall–Kier alpha value is 0.130. The van der Waals surface area contributed by atoms with Crippen LogP contribution in [0.4, 0.5) is 13.2 Å². The SMILES string of the molecule is FC(F)(F)c1cc(C#CSI)ccc1Br. The van der Waals surface area contributed by atoms with Crippen molar-refractivity contribution in [2.75, 3.05) is 0 Å². The molecule has 80 valence electrons. The van der Waals surface area contributed by atoms with Crippen molar-refractivity contribution in [1.29, 1.82) is 0 Å². The van der Waals surface area contributed by atoms with Gasteiger partial charge in [-0.2, -0.15) is 13.2 Å². The highest BCUT2D eigenvalue weighted by Crippen LogP contribution is 2.35. The molecule has 0 N–H and O–H groups in total. The summed E-state index contributed by atoms with van der Waals surface area (Å²) in [5.41, 5.74) is -0.345. The molecule has 0 saturated carbocycles. The third-order valence-electron chi connectivity index (χ3n) is 1.51. The molecule has 15 heavy (non-hydrogen) atoms. The molecule has 0 saturated heterocycles. The fraction of sp³-hybridized carbons (Fsp3) is 0.111. The zero-order valence-electron chi connectivity index (χ0n) is 7.03. The molecule has 1 rings (SSSR count). The Bertz CT molecular complexity index is 420. The molecule has 0 nitrogen and oxygen atoms in total. The van der Waals surface area contributed by atoms with E-state index >= 15 is 0 Å². The summed E-state index contributed by atoms with van der Waals surface area (Å²) in [5.74, 6) is 2.62. The predicted octanol–water partition coefficient (Wildman–Crippen LogP) is 4.86. The Morgan fingerprint density at radius 1 is 1.33 bits per heavy atom. The van der Waals surface area contributed by atoms with Gasteiger partial charge in [0.05, 0.1) is 5.56 Å². The summed E-state index contributed by atoms with van der Waals surface area (Å²) in [7, 11) is 1.23. The van der Waals surface area contributed by atoms with Crippen LogP contribution in [0, 0.1) is 11.2 Å². The van der Waals surface area contributed by atoms with Gasteiger partial charge in [-0.3, -0.25) is 0 Å². The van der Waals surface area contributed by atoms with Gasteiger partial charge in [0, 0.05) is 31.2 Å². The van der Waals surface area contributed by atoms with Crippen LogP contribution in [0.1, 0.15) is 11.1 Å². The van der Waals surface area contributed by atoms with Crippen molar-refractivity contribution in [2.24, 2.45) is 0 Å². The third kappa shape index (κ3) is 3.89. The molecule has 0 aliphatic heterocycles. The van der Waals surface area contributed by atoms with E-state index in [2.05, 4.69) is 27.1 Å². The Balaban J connectivity index is 3.17. The summed E-state index contributed by atoms with van der Waals surface area (Å²) < 4.78 is 37.4. The lowest BCUT2D eigenvalue weighted by molar-refractivity contribution is -0.138. The number of hydrogen-bond donors (Lipinski definition) is 0. The van der Waals surface area contributed by atoms with Crippen LogP contribution in [-0.4, -0.2) is 0 Å². The van der Waals surface area contributed by atoms with Crippen molar-refractivity contribution in [1.82, 2.24) is 0 Å². The third-order valence-corrected chi connectivity index (χ3v) is 3.04. The Labute approximate surface area is 110 Å². The monoisotopic (exact) mass is 406 g/mol. The van der Waals surface area contributed by atoms with Gasteiger partial charge in [0.25, 0.3) is 0 Å². The van der Waals surface area contributed by atoms with Gasteiger partial charge < -0.3 is 0 Å². The van der Waals surface area contributed by atoms with E-state index in [-0.39, 0.29) is 4.47 Å². The molecular formula is C9H3BrF3IS. The largest absolute Gasteiger partial charge is 0.417 e. The minimum Gasteiger partial charge on any atom is -0.166 e. The maximum absolute atomic E-state index is 12.5. The minimum atomic E-state index is -4.35. The molecule has 0 radical (unpaired) electrons. The fourth-order valence-corrected chi connectivity index (χ4v) is 1.86. The Kier molecular flexibility index (Phi) is 4.80. The number of halogens is 5. The van der Waals surface area contributed by atoms with E-state index in [1.165, 1.54) is 15.0 Å². The highest BCUT2D eigenvalue weighted by molar-refractivity contribution is 14.2. The minimum absolute atomic E-state index is 0.0303. The molecule has 0 amide bonds. The second kappa shape index (κ2) is 5.46. The maximum Gasteiger partial charge on any atom is 0.417 e. The quantitative estimate of drug-likeness (QED) is 0.438. The number of hydrogen-bond acceptors (Lipinski definition) is 1. The molecular weight excluding hydrogens is 404 g/mol. The van der Waals surface area contributed by atoms with Crippen LogP contribution in [0.2, 0.25) is 0 Å². The normalized spacial score (nSPS) is 10.7. The molecule has 0 fully saturated rings. The molecule has 0 bridgehead atoms. The first-order valence-corrected chi connectivity index (χ1v) is 7.75. The van der Waals surface area contributed by atoms with Crippen LogP contribution >= 0.6 is 46.1 Å².